The van der Waals surface area contributed by atoms with Crippen LogP contribution in [0.4, 0.5) is 0 Å². The van der Waals surface area contributed by atoms with Crippen LogP contribution in [0, 0.1) is 0 Å². The van der Waals surface area contributed by atoms with Gasteiger partial charge in [0.25, 0.3) is 0 Å². The lowest BCUT2D eigenvalue weighted by atomic mass is 10.0. The van der Waals surface area contributed by atoms with Gasteiger partial charge in [-0.2, -0.15) is 0 Å². The Kier molecular flexibility index (Phi) is 4.36. The third-order valence-corrected chi connectivity index (χ3v) is 3.70. The number of morpholine rings is 1. The molecule has 0 aromatic carbocycles. The Hall–Kier alpha value is -0.930. The van der Waals surface area contributed by atoms with E-state index in [1.807, 2.05) is 6.20 Å². The maximum absolute atomic E-state index is 5.59. The Morgan fingerprint density at radius 2 is 2.11 bits per heavy atom. The van der Waals surface area contributed by atoms with Gasteiger partial charge in [-0.05, 0) is 31.4 Å². The van der Waals surface area contributed by atoms with E-state index in [9.17, 15) is 0 Å². The minimum atomic E-state index is 0.337. The average Bonchev–Trinajstić information content (AvgIpc) is 2.38. The number of hydrogen-bond acceptors (Lipinski definition) is 3. The molecule has 18 heavy (non-hydrogen) atoms. The fourth-order valence-electron chi connectivity index (χ4n) is 2.41. The Balaban J connectivity index is 2.05. The molecule has 1 aliphatic heterocycles. The number of nitrogens with zero attached hydrogens (tertiary/aromatic N) is 2. The van der Waals surface area contributed by atoms with Crippen LogP contribution < -0.4 is 0 Å². The summed E-state index contributed by atoms with van der Waals surface area (Å²) in [4.78, 5) is 7.03. The number of hydrogen-bond donors (Lipinski definition) is 0. The van der Waals surface area contributed by atoms with Crippen LogP contribution >= 0.6 is 0 Å². The predicted octanol–water partition coefficient (Wildman–Crippen LogP) is 2.99. The Bertz CT molecular complexity index is 375. The average molecular weight is 248 g/mol. The van der Waals surface area contributed by atoms with Crippen molar-refractivity contribution in [2.24, 2.45) is 0 Å². The van der Waals surface area contributed by atoms with Crippen molar-refractivity contribution < 1.29 is 4.74 Å². The van der Waals surface area contributed by atoms with Crippen LogP contribution in [0.3, 0.4) is 0 Å². The van der Waals surface area contributed by atoms with Gasteiger partial charge in [-0.25, -0.2) is 0 Å². The monoisotopic (exact) mass is 248 g/mol. The molecule has 0 N–H and O–H groups in total. The van der Waals surface area contributed by atoms with E-state index in [0.29, 0.717) is 18.1 Å². The Labute approximate surface area is 110 Å². The van der Waals surface area contributed by atoms with Gasteiger partial charge in [0.05, 0.1) is 12.7 Å². The first-order valence-electron chi connectivity index (χ1n) is 6.89. The van der Waals surface area contributed by atoms with Crippen LogP contribution in [0.2, 0.25) is 0 Å². The second-order valence-electron chi connectivity index (χ2n) is 5.52. The van der Waals surface area contributed by atoms with E-state index in [0.717, 1.165) is 19.7 Å². The molecular weight excluding hydrogens is 224 g/mol. The van der Waals surface area contributed by atoms with Crippen molar-refractivity contribution in [3.05, 3.63) is 29.6 Å². The topological polar surface area (TPSA) is 25.4 Å². The number of pyridine rings is 1. The highest BCUT2D eigenvalue weighted by molar-refractivity contribution is 5.19. The zero-order valence-electron chi connectivity index (χ0n) is 11.9. The molecule has 1 fully saturated rings. The normalized spacial score (nSPS) is 23.3. The highest BCUT2D eigenvalue weighted by Crippen LogP contribution is 2.23. The number of ether oxygens (including phenoxy) is 1. The molecule has 1 aromatic heterocycles. The van der Waals surface area contributed by atoms with E-state index < -0.39 is 0 Å². The minimum Gasteiger partial charge on any atom is -0.376 e. The van der Waals surface area contributed by atoms with Gasteiger partial charge in [0.1, 0.15) is 0 Å². The smallest absolute Gasteiger partial charge is 0.0674 e. The van der Waals surface area contributed by atoms with Gasteiger partial charge in [0, 0.05) is 31.0 Å². The second-order valence-corrected chi connectivity index (χ2v) is 5.52. The second kappa shape index (κ2) is 5.81. The van der Waals surface area contributed by atoms with Crippen LogP contribution in [0.5, 0.6) is 0 Å². The van der Waals surface area contributed by atoms with Gasteiger partial charge >= 0.3 is 0 Å². The molecule has 1 aromatic rings. The van der Waals surface area contributed by atoms with Crippen molar-refractivity contribution in [3.8, 4) is 0 Å². The quantitative estimate of drug-likeness (QED) is 0.822. The Morgan fingerprint density at radius 3 is 2.67 bits per heavy atom. The van der Waals surface area contributed by atoms with Gasteiger partial charge in [-0.15, -0.1) is 0 Å². The summed E-state index contributed by atoms with van der Waals surface area (Å²) in [6.07, 6.45) is 2.37. The zero-order valence-corrected chi connectivity index (χ0v) is 11.9. The lowest BCUT2D eigenvalue weighted by molar-refractivity contribution is -0.0320. The van der Waals surface area contributed by atoms with Crippen molar-refractivity contribution >= 4 is 0 Å². The molecule has 0 bridgehead atoms. The van der Waals surface area contributed by atoms with Gasteiger partial charge in [0.15, 0.2) is 0 Å². The molecule has 3 heteroatoms. The van der Waals surface area contributed by atoms with Gasteiger partial charge in [-0.1, -0.05) is 19.9 Å². The minimum absolute atomic E-state index is 0.337. The third-order valence-electron chi connectivity index (χ3n) is 3.70. The summed E-state index contributed by atoms with van der Waals surface area (Å²) < 4.78 is 5.59. The number of aromatic nitrogens is 1. The van der Waals surface area contributed by atoms with E-state index in [2.05, 4.69) is 49.7 Å². The maximum atomic E-state index is 5.59. The van der Waals surface area contributed by atoms with Crippen LogP contribution in [0.25, 0.3) is 0 Å². The summed E-state index contributed by atoms with van der Waals surface area (Å²) in [7, 11) is 0. The largest absolute Gasteiger partial charge is 0.376 e. The summed E-state index contributed by atoms with van der Waals surface area (Å²) in [5, 5.41) is 0. The standard InChI is InChI=1S/C15H24N2O/c1-11(2)15-6-5-14(9-16-15)13(4)17-7-8-18-12(3)10-17/h5-6,9,11-13H,7-8,10H2,1-4H3/t12-,13-/m0/s1. The zero-order chi connectivity index (χ0) is 13.1. The molecule has 0 amide bonds. The lowest BCUT2D eigenvalue weighted by Gasteiger charge is -2.35. The molecule has 1 aliphatic rings. The summed E-state index contributed by atoms with van der Waals surface area (Å²) in [5.74, 6) is 0.498. The van der Waals surface area contributed by atoms with Crippen molar-refractivity contribution in [2.75, 3.05) is 19.7 Å². The molecule has 0 unspecified atom stereocenters. The molecule has 1 saturated heterocycles. The SMILES string of the molecule is CC(C)c1ccc([C@H](C)N2CCO[C@@H](C)C2)cn1. The molecule has 0 spiro atoms. The van der Waals surface area contributed by atoms with Crippen LogP contribution in [0.15, 0.2) is 18.3 Å². The molecule has 2 rings (SSSR count). The van der Waals surface area contributed by atoms with Crippen molar-refractivity contribution in [3.63, 3.8) is 0 Å². The fraction of sp³-hybridized carbons (Fsp3) is 0.667. The molecular formula is C15H24N2O. The van der Waals surface area contributed by atoms with E-state index >= 15 is 0 Å². The lowest BCUT2D eigenvalue weighted by Crippen LogP contribution is -2.42. The van der Waals surface area contributed by atoms with E-state index in [1.165, 1.54) is 11.3 Å². The van der Waals surface area contributed by atoms with Gasteiger partial charge in [-0.3, -0.25) is 9.88 Å². The summed E-state index contributed by atoms with van der Waals surface area (Å²) in [6.45, 7) is 11.6. The molecule has 0 radical (unpaired) electrons. The maximum Gasteiger partial charge on any atom is 0.0674 e. The molecule has 3 nitrogen and oxygen atoms in total. The Morgan fingerprint density at radius 1 is 1.33 bits per heavy atom. The number of rotatable bonds is 3. The first-order valence-corrected chi connectivity index (χ1v) is 6.89. The van der Waals surface area contributed by atoms with Crippen LogP contribution in [-0.4, -0.2) is 35.7 Å². The van der Waals surface area contributed by atoms with Crippen molar-refractivity contribution in [1.29, 1.82) is 0 Å². The highest BCUT2D eigenvalue weighted by Gasteiger charge is 2.22. The third kappa shape index (κ3) is 3.09. The first kappa shape index (κ1) is 13.5. The predicted molar refractivity (Wildman–Crippen MR) is 73.7 cm³/mol. The summed E-state index contributed by atoms with van der Waals surface area (Å²) >= 11 is 0. The fourth-order valence-corrected chi connectivity index (χ4v) is 2.41. The first-order chi connectivity index (χ1) is 8.58. The van der Waals surface area contributed by atoms with E-state index in [1.54, 1.807) is 0 Å². The van der Waals surface area contributed by atoms with Gasteiger partial charge < -0.3 is 4.74 Å². The molecule has 0 aliphatic carbocycles. The van der Waals surface area contributed by atoms with Crippen molar-refractivity contribution in [1.82, 2.24) is 9.88 Å². The van der Waals surface area contributed by atoms with E-state index in [-0.39, 0.29) is 0 Å². The van der Waals surface area contributed by atoms with E-state index in [4.69, 9.17) is 4.74 Å². The van der Waals surface area contributed by atoms with Crippen molar-refractivity contribution in [2.45, 2.75) is 45.8 Å². The molecule has 2 heterocycles. The summed E-state index contributed by atoms with van der Waals surface area (Å²) in [6, 6.07) is 4.79. The molecule has 2 atom stereocenters. The summed E-state index contributed by atoms with van der Waals surface area (Å²) in [5.41, 5.74) is 2.47. The van der Waals surface area contributed by atoms with Crippen LogP contribution in [-0.2, 0) is 4.74 Å². The van der Waals surface area contributed by atoms with Gasteiger partial charge in [0.2, 0.25) is 0 Å². The van der Waals surface area contributed by atoms with Crippen LogP contribution in [0.1, 0.15) is 50.9 Å². The highest BCUT2D eigenvalue weighted by atomic mass is 16.5. The molecule has 0 saturated carbocycles. The molecule has 100 valence electrons.